The van der Waals surface area contributed by atoms with Gasteiger partial charge in [0.05, 0.1) is 6.10 Å². The maximum absolute atomic E-state index is 13.1. The number of ether oxygens (including phenoxy) is 2. The fraction of sp³-hybridized carbons (Fsp3) is 0.500. The Bertz CT molecular complexity index is 390. The van der Waals surface area contributed by atoms with Crippen molar-refractivity contribution >= 4 is 0 Å². The van der Waals surface area contributed by atoms with E-state index in [2.05, 4.69) is 0 Å². The van der Waals surface area contributed by atoms with E-state index >= 15 is 0 Å². The third-order valence-electron chi connectivity index (χ3n) is 2.49. The number of benzene rings is 1. The molecule has 2 rings (SSSR count). The van der Waals surface area contributed by atoms with Gasteiger partial charge in [0.2, 0.25) is 5.79 Å². The van der Waals surface area contributed by atoms with Crippen molar-refractivity contribution in [3.8, 4) is 5.75 Å². The summed E-state index contributed by atoms with van der Waals surface area (Å²) >= 11 is 0. The maximum Gasteiger partial charge on any atom is 0.205 e. The molecule has 0 fully saturated rings. The van der Waals surface area contributed by atoms with Crippen molar-refractivity contribution in [2.24, 2.45) is 0 Å². The number of aliphatic hydroxyl groups excluding tert-OH is 1. The normalized spacial score (nSPS) is 22.4. The molecular weight excluding hydrogens is 211 g/mol. The number of fused-ring (bicyclic) bond motifs is 1. The SMILES string of the molecule is CC1(C)Oc2ccc(F)cc2C(CCO)O1. The van der Waals surface area contributed by atoms with E-state index in [0.29, 0.717) is 17.7 Å². The molecule has 1 aliphatic heterocycles. The Morgan fingerprint density at radius 2 is 2.19 bits per heavy atom. The molecule has 0 amide bonds. The first kappa shape index (κ1) is 11.4. The van der Waals surface area contributed by atoms with Gasteiger partial charge in [-0.3, -0.25) is 0 Å². The average molecular weight is 226 g/mol. The lowest BCUT2D eigenvalue weighted by Gasteiger charge is -2.37. The lowest BCUT2D eigenvalue weighted by molar-refractivity contribution is -0.209. The molecule has 0 saturated carbocycles. The summed E-state index contributed by atoms with van der Waals surface area (Å²) in [5.41, 5.74) is 0.661. The lowest BCUT2D eigenvalue weighted by Crippen LogP contribution is -2.38. The monoisotopic (exact) mass is 226 g/mol. The molecule has 0 radical (unpaired) electrons. The van der Waals surface area contributed by atoms with Gasteiger partial charge in [-0.2, -0.15) is 0 Å². The molecule has 0 aromatic heterocycles. The highest BCUT2D eigenvalue weighted by Gasteiger charge is 2.34. The van der Waals surface area contributed by atoms with Crippen LogP contribution in [-0.2, 0) is 4.74 Å². The second-order valence-corrected chi connectivity index (χ2v) is 4.30. The van der Waals surface area contributed by atoms with Crippen molar-refractivity contribution < 1.29 is 19.0 Å². The number of hydrogen-bond donors (Lipinski definition) is 1. The van der Waals surface area contributed by atoms with Gasteiger partial charge >= 0.3 is 0 Å². The molecule has 3 nitrogen and oxygen atoms in total. The van der Waals surface area contributed by atoms with Gasteiger partial charge in [-0.15, -0.1) is 0 Å². The van der Waals surface area contributed by atoms with Gasteiger partial charge in [-0.1, -0.05) is 0 Å². The van der Waals surface area contributed by atoms with E-state index in [1.807, 2.05) is 0 Å². The smallest absolute Gasteiger partial charge is 0.205 e. The van der Waals surface area contributed by atoms with E-state index in [0.717, 1.165) is 0 Å². The Labute approximate surface area is 93.8 Å². The first-order valence-electron chi connectivity index (χ1n) is 5.29. The molecule has 0 aliphatic carbocycles. The topological polar surface area (TPSA) is 38.7 Å². The van der Waals surface area contributed by atoms with E-state index in [4.69, 9.17) is 14.6 Å². The highest BCUT2D eigenvalue weighted by molar-refractivity contribution is 5.37. The van der Waals surface area contributed by atoms with Crippen LogP contribution in [0, 0.1) is 5.82 Å². The van der Waals surface area contributed by atoms with E-state index in [-0.39, 0.29) is 18.5 Å². The second-order valence-electron chi connectivity index (χ2n) is 4.30. The molecule has 1 heterocycles. The fourth-order valence-electron chi connectivity index (χ4n) is 1.89. The molecule has 1 unspecified atom stereocenters. The Morgan fingerprint density at radius 1 is 1.44 bits per heavy atom. The van der Waals surface area contributed by atoms with Crippen LogP contribution in [0.15, 0.2) is 18.2 Å². The minimum Gasteiger partial charge on any atom is -0.463 e. The van der Waals surface area contributed by atoms with Crippen molar-refractivity contribution in [2.75, 3.05) is 6.61 Å². The third kappa shape index (κ3) is 2.18. The summed E-state index contributed by atoms with van der Waals surface area (Å²) in [7, 11) is 0. The first-order valence-corrected chi connectivity index (χ1v) is 5.29. The summed E-state index contributed by atoms with van der Waals surface area (Å²) in [6, 6.07) is 4.35. The van der Waals surface area contributed by atoms with Crippen LogP contribution in [0.4, 0.5) is 4.39 Å². The quantitative estimate of drug-likeness (QED) is 0.841. The molecule has 1 aromatic carbocycles. The molecular formula is C12H15FO3. The predicted octanol–water partition coefficient (Wildman–Crippen LogP) is 2.39. The largest absolute Gasteiger partial charge is 0.463 e. The molecule has 1 aromatic rings. The Hall–Kier alpha value is -1.13. The van der Waals surface area contributed by atoms with Crippen LogP contribution >= 0.6 is 0 Å². The van der Waals surface area contributed by atoms with Gasteiger partial charge in [0, 0.05) is 32.4 Å². The van der Waals surface area contributed by atoms with Crippen LogP contribution in [0.2, 0.25) is 0 Å². The third-order valence-corrected chi connectivity index (χ3v) is 2.49. The zero-order valence-electron chi connectivity index (χ0n) is 9.37. The summed E-state index contributed by atoms with van der Waals surface area (Å²) in [4.78, 5) is 0. The lowest BCUT2D eigenvalue weighted by atomic mass is 10.0. The van der Waals surface area contributed by atoms with Crippen LogP contribution in [0.5, 0.6) is 5.75 Å². The van der Waals surface area contributed by atoms with Crippen molar-refractivity contribution in [1.82, 2.24) is 0 Å². The zero-order valence-corrected chi connectivity index (χ0v) is 9.37. The van der Waals surface area contributed by atoms with Crippen LogP contribution in [0.1, 0.15) is 31.9 Å². The van der Waals surface area contributed by atoms with Crippen molar-refractivity contribution in [3.05, 3.63) is 29.6 Å². The molecule has 16 heavy (non-hydrogen) atoms. The van der Waals surface area contributed by atoms with E-state index in [1.54, 1.807) is 19.9 Å². The fourth-order valence-corrected chi connectivity index (χ4v) is 1.89. The highest BCUT2D eigenvalue weighted by atomic mass is 19.1. The molecule has 0 bridgehead atoms. The summed E-state index contributed by atoms with van der Waals surface area (Å²) in [6.07, 6.45) is 0.114. The average Bonchev–Trinajstić information content (AvgIpc) is 2.18. The minimum atomic E-state index is -0.745. The molecule has 0 saturated heterocycles. The van der Waals surface area contributed by atoms with Gasteiger partial charge in [0.1, 0.15) is 11.6 Å². The summed E-state index contributed by atoms with van der Waals surface area (Å²) < 4.78 is 24.4. The Kier molecular flexibility index (Phi) is 2.86. The predicted molar refractivity (Wildman–Crippen MR) is 56.6 cm³/mol. The Balaban J connectivity index is 2.39. The minimum absolute atomic E-state index is 0.00327. The van der Waals surface area contributed by atoms with Crippen molar-refractivity contribution in [1.29, 1.82) is 0 Å². The number of halogens is 1. The maximum atomic E-state index is 13.1. The van der Waals surface area contributed by atoms with E-state index in [9.17, 15) is 4.39 Å². The summed E-state index contributed by atoms with van der Waals surface area (Å²) in [5.74, 6) is -0.449. The van der Waals surface area contributed by atoms with Gasteiger partial charge in [0.25, 0.3) is 0 Å². The summed E-state index contributed by atoms with van der Waals surface area (Å²) in [6.45, 7) is 3.59. The second kappa shape index (κ2) is 4.03. The van der Waals surface area contributed by atoms with Crippen LogP contribution in [0.25, 0.3) is 0 Å². The molecule has 4 heteroatoms. The van der Waals surface area contributed by atoms with Crippen LogP contribution in [-0.4, -0.2) is 17.5 Å². The van der Waals surface area contributed by atoms with Gasteiger partial charge in [-0.05, 0) is 18.2 Å². The standard InChI is InChI=1S/C12H15FO3/c1-12(2)15-10-4-3-8(13)7-9(10)11(16-12)5-6-14/h3-4,7,11,14H,5-6H2,1-2H3. The van der Waals surface area contributed by atoms with Crippen LogP contribution < -0.4 is 4.74 Å². The van der Waals surface area contributed by atoms with Crippen molar-refractivity contribution in [3.63, 3.8) is 0 Å². The molecule has 88 valence electrons. The number of aliphatic hydroxyl groups is 1. The van der Waals surface area contributed by atoms with Gasteiger partial charge in [0.15, 0.2) is 0 Å². The molecule has 0 spiro atoms. The number of rotatable bonds is 2. The molecule has 1 atom stereocenters. The van der Waals surface area contributed by atoms with E-state index < -0.39 is 5.79 Å². The summed E-state index contributed by atoms with van der Waals surface area (Å²) in [5, 5.41) is 8.97. The Morgan fingerprint density at radius 3 is 2.88 bits per heavy atom. The van der Waals surface area contributed by atoms with Gasteiger partial charge in [-0.25, -0.2) is 4.39 Å². The van der Waals surface area contributed by atoms with Gasteiger partial charge < -0.3 is 14.6 Å². The number of hydrogen-bond acceptors (Lipinski definition) is 3. The highest BCUT2D eigenvalue weighted by Crippen LogP contribution is 2.40. The van der Waals surface area contributed by atoms with Crippen molar-refractivity contribution in [2.45, 2.75) is 32.2 Å². The first-order chi connectivity index (χ1) is 7.52. The van der Waals surface area contributed by atoms with E-state index in [1.165, 1.54) is 12.1 Å². The van der Waals surface area contributed by atoms with Crippen LogP contribution in [0.3, 0.4) is 0 Å². The zero-order chi connectivity index (χ0) is 11.8. The molecule has 1 N–H and O–H groups in total. The molecule has 1 aliphatic rings.